The second-order valence-electron chi connectivity index (χ2n) is 5.47. The fraction of sp³-hybridized carbons (Fsp3) is 0.917. The van der Waals surface area contributed by atoms with Gasteiger partial charge in [-0.05, 0) is 41.0 Å². The zero-order valence-corrected chi connectivity index (χ0v) is 10.7. The molecule has 0 radical (unpaired) electrons. The second-order valence-corrected chi connectivity index (χ2v) is 5.47. The molecule has 1 aliphatic rings. The first kappa shape index (κ1) is 13.5. The lowest BCUT2D eigenvalue weighted by atomic mass is 9.83. The number of esters is 1. The molecule has 0 aliphatic carbocycles. The first-order chi connectivity index (χ1) is 7.19. The number of ether oxygens (including phenoxy) is 2. The average Bonchev–Trinajstić information content (AvgIpc) is 2.33. The third-order valence-electron chi connectivity index (χ3n) is 3.05. The van der Waals surface area contributed by atoms with Crippen LogP contribution in [0.1, 0.15) is 41.0 Å². The standard InChI is InChI=1S/C12H22O4/c1-6-15-10(14)9(13)8-7-11(2,3)16-12(8,4)5/h8-9,13H,6-7H2,1-5H3. The molecule has 0 saturated carbocycles. The third kappa shape index (κ3) is 2.74. The maximum absolute atomic E-state index is 11.5. The predicted octanol–water partition coefficient (Wildman–Crippen LogP) is 1.50. The lowest BCUT2D eigenvalue weighted by Gasteiger charge is -2.29. The first-order valence-corrected chi connectivity index (χ1v) is 5.74. The third-order valence-corrected chi connectivity index (χ3v) is 3.05. The molecule has 4 nitrogen and oxygen atoms in total. The molecule has 4 heteroatoms. The predicted molar refractivity (Wildman–Crippen MR) is 60.0 cm³/mol. The summed E-state index contributed by atoms with van der Waals surface area (Å²) in [6.07, 6.45) is -0.447. The number of hydrogen-bond donors (Lipinski definition) is 1. The number of hydrogen-bond acceptors (Lipinski definition) is 4. The van der Waals surface area contributed by atoms with Crippen molar-refractivity contribution in [2.45, 2.75) is 58.3 Å². The monoisotopic (exact) mass is 230 g/mol. The number of carbonyl (C=O) groups excluding carboxylic acids is 1. The van der Waals surface area contributed by atoms with Gasteiger partial charge in [0.15, 0.2) is 6.10 Å². The van der Waals surface area contributed by atoms with Gasteiger partial charge in [-0.3, -0.25) is 0 Å². The van der Waals surface area contributed by atoms with Crippen molar-refractivity contribution < 1.29 is 19.4 Å². The Hall–Kier alpha value is -0.610. The SMILES string of the molecule is CCOC(=O)C(O)C1CC(C)(C)OC1(C)C. The van der Waals surface area contributed by atoms with Crippen molar-refractivity contribution in [3.05, 3.63) is 0 Å². The molecular weight excluding hydrogens is 208 g/mol. The zero-order valence-electron chi connectivity index (χ0n) is 10.7. The summed E-state index contributed by atoms with van der Waals surface area (Å²) in [6.45, 7) is 9.74. The summed E-state index contributed by atoms with van der Waals surface area (Å²) in [7, 11) is 0. The molecule has 1 rings (SSSR count). The molecule has 0 bridgehead atoms. The molecule has 1 heterocycles. The van der Waals surface area contributed by atoms with Crippen molar-refractivity contribution in [3.63, 3.8) is 0 Å². The molecule has 1 saturated heterocycles. The molecule has 0 amide bonds. The molecular formula is C12H22O4. The van der Waals surface area contributed by atoms with Crippen LogP contribution < -0.4 is 0 Å². The van der Waals surface area contributed by atoms with Crippen molar-refractivity contribution in [2.24, 2.45) is 5.92 Å². The smallest absolute Gasteiger partial charge is 0.335 e. The van der Waals surface area contributed by atoms with Crippen molar-refractivity contribution in [1.82, 2.24) is 0 Å². The highest BCUT2D eigenvalue weighted by molar-refractivity contribution is 5.75. The molecule has 0 aromatic heterocycles. The summed E-state index contributed by atoms with van der Waals surface area (Å²) in [5, 5.41) is 9.96. The maximum Gasteiger partial charge on any atom is 0.335 e. The summed E-state index contributed by atoms with van der Waals surface area (Å²) in [5.74, 6) is -0.775. The van der Waals surface area contributed by atoms with Gasteiger partial charge in [0, 0.05) is 5.92 Å². The van der Waals surface area contributed by atoms with Gasteiger partial charge in [0.2, 0.25) is 0 Å². The summed E-state index contributed by atoms with van der Waals surface area (Å²) in [6, 6.07) is 0. The molecule has 1 aliphatic heterocycles. The minimum atomic E-state index is -1.10. The summed E-state index contributed by atoms with van der Waals surface area (Å²) >= 11 is 0. The Bertz CT molecular complexity index is 270. The van der Waals surface area contributed by atoms with E-state index in [1.165, 1.54) is 0 Å². The van der Waals surface area contributed by atoms with Gasteiger partial charge in [0.05, 0.1) is 17.8 Å². The Morgan fingerprint density at radius 3 is 2.44 bits per heavy atom. The molecule has 0 spiro atoms. The van der Waals surface area contributed by atoms with Crippen LogP contribution in [0.25, 0.3) is 0 Å². The minimum absolute atomic E-state index is 0.221. The van der Waals surface area contributed by atoms with E-state index in [2.05, 4.69) is 0 Å². The van der Waals surface area contributed by atoms with E-state index in [1.807, 2.05) is 27.7 Å². The van der Waals surface area contributed by atoms with Crippen LogP contribution in [0.3, 0.4) is 0 Å². The molecule has 2 atom stereocenters. The van der Waals surface area contributed by atoms with E-state index < -0.39 is 17.7 Å². The second kappa shape index (κ2) is 4.34. The maximum atomic E-state index is 11.5. The Labute approximate surface area is 96.9 Å². The van der Waals surface area contributed by atoms with Gasteiger partial charge in [-0.1, -0.05) is 0 Å². The van der Waals surface area contributed by atoms with Crippen LogP contribution in [0.15, 0.2) is 0 Å². The molecule has 16 heavy (non-hydrogen) atoms. The van der Waals surface area contributed by atoms with E-state index >= 15 is 0 Å². The summed E-state index contributed by atoms with van der Waals surface area (Å²) in [5.41, 5.74) is -0.808. The van der Waals surface area contributed by atoms with E-state index in [4.69, 9.17) is 9.47 Å². The van der Waals surface area contributed by atoms with Crippen LogP contribution in [-0.2, 0) is 14.3 Å². The molecule has 2 unspecified atom stereocenters. The highest BCUT2D eigenvalue weighted by Gasteiger charge is 2.50. The van der Waals surface area contributed by atoms with Gasteiger partial charge in [-0.2, -0.15) is 0 Å². The van der Waals surface area contributed by atoms with Crippen LogP contribution in [0.5, 0.6) is 0 Å². The van der Waals surface area contributed by atoms with E-state index in [9.17, 15) is 9.90 Å². The van der Waals surface area contributed by atoms with Crippen LogP contribution >= 0.6 is 0 Å². The van der Waals surface area contributed by atoms with Gasteiger partial charge in [0.1, 0.15) is 0 Å². The number of aliphatic hydroxyl groups is 1. The lowest BCUT2D eigenvalue weighted by Crippen LogP contribution is -2.41. The Morgan fingerprint density at radius 1 is 1.50 bits per heavy atom. The summed E-state index contributed by atoms with van der Waals surface area (Å²) in [4.78, 5) is 11.5. The van der Waals surface area contributed by atoms with Crippen LogP contribution in [0, 0.1) is 5.92 Å². The Morgan fingerprint density at radius 2 is 2.06 bits per heavy atom. The van der Waals surface area contributed by atoms with Gasteiger partial charge in [-0.15, -0.1) is 0 Å². The first-order valence-electron chi connectivity index (χ1n) is 5.74. The normalized spacial score (nSPS) is 28.8. The molecule has 94 valence electrons. The molecule has 0 aromatic rings. The van der Waals surface area contributed by atoms with E-state index in [1.54, 1.807) is 6.92 Å². The Balaban J connectivity index is 2.76. The number of carbonyl (C=O) groups is 1. The fourth-order valence-electron chi connectivity index (χ4n) is 2.49. The van der Waals surface area contributed by atoms with Crippen molar-refractivity contribution in [2.75, 3.05) is 6.61 Å². The quantitative estimate of drug-likeness (QED) is 0.747. The fourth-order valence-corrected chi connectivity index (χ4v) is 2.49. The molecule has 0 aromatic carbocycles. The minimum Gasteiger partial charge on any atom is -0.464 e. The summed E-state index contributed by atoms with van der Waals surface area (Å²) < 4.78 is 10.7. The van der Waals surface area contributed by atoms with Crippen molar-refractivity contribution in [1.29, 1.82) is 0 Å². The van der Waals surface area contributed by atoms with Crippen LogP contribution in [-0.4, -0.2) is 35.0 Å². The van der Waals surface area contributed by atoms with Crippen LogP contribution in [0.2, 0.25) is 0 Å². The topological polar surface area (TPSA) is 55.8 Å². The highest BCUT2D eigenvalue weighted by atomic mass is 16.6. The Kier molecular flexibility index (Phi) is 3.65. The van der Waals surface area contributed by atoms with Gasteiger partial charge < -0.3 is 14.6 Å². The average molecular weight is 230 g/mol. The van der Waals surface area contributed by atoms with E-state index in [-0.39, 0.29) is 18.1 Å². The van der Waals surface area contributed by atoms with E-state index in [0.29, 0.717) is 6.42 Å². The lowest BCUT2D eigenvalue weighted by molar-refractivity contribution is -0.160. The van der Waals surface area contributed by atoms with Crippen molar-refractivity contribution in [3.8, 4) is 0 Å². The number of aliphatic hydroxyl groups excluding tert-OH is 1. The molecule has 1 N–H and O–H groups in total. The van der Waals surface area contributed by atoms with E-state index in [0.717, 1.165) is 0 Å². The van der Waals surface area contributed by atoms with Crippen LogP contribution in [0.4, 0.5) is 0 Å². The molecule has 1 fully saturated rings. The van der Waals surface area contributed by atoms with Gasteiger partial charge in [-0.25, -0.2) is 4.79 Å². The largest absolute Gasteiger partial charge is 0.464 e. The number of rotatable bonds is 3. The van der Waals surface area contributed by atoms with Gasteiger partial charge in [0.25, 0.3) is 0 Å². The zero-order chi connectivity index (χ0) is 12.6. The highest BCUT2D eigenvalue weighted by Crippen LogP contribution is 2.43. The van der Waals surface area contributed by atoms with Crippen molar-refractivity contribution >= 4 is 5.97 Å². The van der Waals surface area contributed by atoms with Gasteiger partial charge >= 0.3 is 5.97 Å².